The molecule has 2 fully saturated rings. The molecular weight excluding hydrogens is 210 g/mol. The molecule has 0 aromatic carbocycles. The van der Waals surface area contributed by atoms with Gasteiger partial charge in [0.05, 0.1) is 6.10 Å². The molecule has 3 atom stereocenters. The van der Waals surface area contributed by atoms with Crippen LogP contribution in [0.2, 0.25) is 0 Å². The van der Waals surface area contributed by atoms with Crippen LogP contribution in [-0.2, 0) is 4.74 Å². The largest absolute Gasteiger partial charge is 0.377 e. The Balaban J connectivity index is 1.81. The van der Waals surface area contributed by atoms with Gasteiger partial charge >= 0.3 is 0 Å². The monoisotopic (exact) mass is 239 g/mol. The van der Waals surface area contributed by atoms with Gasteiger partial charge in [-0.3, -0.25) is 0 Å². The van der Waals surface area contributed by atoms with Gasteiger partial charge in [-0.05, 0) is 38.6 Å². The fourth-order valence-corrected chi connectivity index (χ4v) is 3.95. The summed E-state index contributed by atoms with van der Waals surface area (Å²) in [7, 11) is 2.11. The summed E-state index contributed by atoms with van der Waals surface area (Å²) in [6, 6.07) is 0.719. The summed E-state index contributed by atoms with van der Waals surface area (Å²) < 4.78 is 6.22. The van der Waals surface area contributed by atoms with Crippen molar-refractivity contribution >= 4 is 0 Å². The normalized spacial score (nSPS) is 32.6. The van der Waals surface area contributed by atoms with Crippen LogP contribution in [0.3, 0.4) is 0 Å². The average Bonchev–Trinajstić information content (AvgIpc) is 2.80. The number of rotatable bonds is 6. The molecule has 0 radical (unpaired) electrons. The summed E-state index contributed by atoms with van der Waals surface area (Å²) >= 11 is 0. The maximum atomic E-state index is 6.22. The molecule has 1 spiro atoms. The molecule has 0 bridgehead atoms. The van der Waals surface area contributed by atoms with E-state index in [1.54, 1.807) is 0 Å². The van der Waals surface area contributed by atoms with Gasteiger partial charge in [0.25, 0.3) is 0 Å². The van der Waals surface area contributed by atoms with Gasteiger partial charge in [0.15, 0.2) is 0 Å². The van der Waals surface area contributed by atoms with Crippen molar-refractivity contribution in [1.82, 2.24) is 5.32 Å². The van der Waals surface area contributed by atoms with E-state index in [-0.39, 0.29) is 0 Å². The zero-order valence-electron chi connectivity index (χ0n) is 11.8. The van der Waals surface area contributed by atoms with E-state index >= 15 is 0 Å². The SMILES string of the molecule is CCCC(C)COC1CC(NC)C12CCCC2. The highest BCUT2D eigenvalue weighted by Crippen LogP contribution is 2.54. The lowest BCUT2D eigenvalue weighted by molar-refractivity contribution is -0.138. The Kier molecular flexibility index (Phi) is 4.48. The van der Waals surface area contributed by atoms with E-state index in [9.17, 15) is 0 Å². The average molecular weight is 239 g/mol. The summed E-state index contributed by atoms with van der Waals surface area (Å²) in [6.07, 6.45) is 9.92. The molecule has 0 amide bonds. The standard InChI is InChI=1S/C15H29NO/c1-4-7-12(2)11-17-14-10-13(16-3)15(14)8-5-6-9-15/h12-14,16H,4-11H2,1-3H3. The second kappa shape index (κ2) is 5.71. The van der Waals surface area contributed by atoms with Crippen molar-refractivity contribution in [3.8, 4) is 0 Å². The third-order valence-electron chi connectivity index (χ3n) is 5.03. The number of ether oxygens (including phenoxy) is 1. The van der Waals surface area contributed by atoms with E-state index in [2.05, 4.69) is 26.2 Å². The molecule has 2 rings (SSSR count). The van der Waals surface area contributed by atoms with E-state index < -0.39 is 0 Å². The highest BCUT2D eigenvalue weighted by molar-refractivity contribution is 5.09. The molecule has 2 aliphatic rings. The predicted octanol–water partition coefficient (Wildman–Crippen LogP) is 3.36. The Hall–Kier alpha value is -0.0800. The van der Waals surface area contributed by atoms with Gasteiger partial charge in [-0.25, -0.2) is 0 Å². The molecule has 0 saturated heterocycles. The van der Waals surface area contributed by atoms with Crippen LogP contribution in [0, 0.1) is 11.3 Å². The molecule has 17 heavy (non-hydrogen) atoms. The fraction of sp³-hybridized carbons (Fsp3) is 1.00. The molecule has 2 nitrogen and oxygen atoms in total. The smallest absolute Gasteiger partial charge is 0.0661 e. The molecule has 2 heteroatoms. The molecule has 0 heterocycles. The maximum absolute atomic E-state index is 6.22. The summed E-state index contributed by atoms with van der Waals surface area (Å²) in [5.74, 6) is 0.729. The molecule has 2 aliphatic carbocycles. The Morgan fingerprint density at radius 3 is 2.65 bits per heavy atom. The maximum Gasteiger partial charge on any atom is 0.0661 e. The third kappa shape index (κ3) is 2.53. The lowest BCUT2D eigenvalue weighted by atomic mass is 9.60. The van der Waals surface area contributed by atoms with Crippen molar-refractivity contribution in [2.75, 3.05) is 13.7 Å². The Bertz CT molecular complexity index is 235. The first-order valence-corrected chi connectivity index (χ1v) is 7.51. The lowest BCUT2D eigenvalue weighted by Gasteiger charge is -2.54. The summed E-state index contributed by atoms with van der Waals surface area (Å²) in [5, 5.41) is 3.50. The van der Waals surface area contributed by atoms with E-state index in [0.717, 1.165) is 18.6 Å². The van der Waals surface area contributed by atoms with Crippen molar-refractivity contribution in [2.24, 2.45) is 11.3 Å². The zero-order valence-corrected chi connectivity index (χ0v) is 11.8. The van der Waals surface area contributed by atoms with Crippen LogP contribution in [0.25, 0.3) is 0 Å². The van der Waals surface area contributed by atoms with E-state index in [1.165, 1.54) is 44.9 Å². The summed E-state index contributed by atoms with van der Waals surface area (Å²) in [4.78, 5) is 0. The van der Waals surface area contributed by atoms with Crippen LogP contribution >= 0.6 is 0 Å². The predicted molar refractivity (Wildman–Crippen MR) is 72.2 cm³/mol. The Labute approximate surface area is 107 Å². The fourth-order valence-electron chi connectivity index (χ4n) is 3.95. The minimum Gasteiger partial charge on any atom is -0.377 e. The van der Waals surface area contributed by atoms with Crippen molar-refractivity contribution in [3.05, 3.63) is 0 Å². The third-order valence-corrected chi connectivity index (χ3v) is 5.03. The van der Waals surface area contributed by atoms with Gasteiger partial charge in [-0.1, -0.05) is 33.1 Å². The van der Waals surface area contributed by atoms with Crippen LogP contribution in [0.15, 0.2) is 0 Å². The molecule has 100 valence electrons. The highest BCUT2D eigenvalue weighted by Gasteiger charge is 2.56. The van der Waals surface area contributed by atoms with Crippen LogP contribution in [0.5, 0.6) is 0 Å². The first kappa shape index (κ1) is 13.4. The van der Waals surface area contributed by atoms with E-state index in [4.69, 9.17) is 4.74 Å². The van der Waals surface area contributed by atoms with Gasteiger partial charge in [-0.2, -0.15) is 0 Å². The van der Waals surface area contributed by atoms with Gasteiger partial charge in [0.2, 0.25) is 0 Å². The molecule has 2 saturated carbocycles. The Morgan fingerprint density at radius 2 is 2.06 bits per heavy atom. The Morgan fingerprint density at radius 1 is 1.35 bits per heavy atom. The molecular formula is C15H29NO. The lowest BCUT2D eigenvalue weighted by Crippen LogP contribution is -2.62. The van der Waals surface area contributed by atoms with Gasteiger partial charge in [0.1, 0.15) is 0 Å². The second-order valence-corrected chi connectivity index (χ2v) is 6.23. The van der Waals surface area contributed by atoms with Crippen LogP contribution in [-0.4, -0.2) is 25.8 Å². The van der Waals surface area contributed by atoms with Crippen LogP contribution in [0.4, 0.5) is 0 Å². The molecule has 0 aromatic rings. The summed E-state index contributed by atoms with van der Waals surface area (Å²) in [6.45, 7) is 5.55. The highest BCUT2D eigenvalue weighted by atomic mass is 16.5. The van der Waals surface area contributed by atoms with Crippen molar-refractivity contribution in [1.29, 1.82) is 0 Å². The second-order valence-electron chi connectivity index (χ2n) is 6.23. The molecule has 0 aliphatic heterocycles. The number of hydrogen-bond acceptors (Lipinski definition) is 2. The van der Waals surface area contributed by atoms with Crippen LogP contribution in [0.1, 0.15) is 58.8 Å². The van der Waals surface area contributed by atoms with Crippen molar-refractivity contribution < 1.29 is 4.74 Å². The minimum absolute atomic E-state index is 0.501. The molecule has 3 unspecified atom stereocenters. The van der Waals surface area contributed by atoms with Crippen molar-refractivity contribution in [2.45, 2.75) is 70.9 Å². The number of nitrogens with one attached hydrogen (secondary N) is 1. The molecule has 0 aromatic heterocycles. The zero-order chi connectivity index (χ0) is 12.3. The quantitative estimate of drug-likeness (QED) is 0.767. The van der Waals surface area contributed by atoms with E-state index in [1.807, 2.05) is 0 Å². The van der Waals surface area contributed by atoms with Gasteiger partial charge in [0, 0.05) is 18.1 Å². The number of hydrogen-bond donors (Lipinski definition) is 1. The first-order chi connectivity index (χ1) is 8.23. The summed E-state index contributed by atoms with van der Waals surface area (Å²) in [5.41, 5.74) is 0.501. The van der Waals surface area contributed by atoms with Crippen LogP contribution < -0.4 is 5.32 Å². The minimum atomic E-state index is 0.501. The van der Waals surface area contributed by atoms with Crippen molar-refractivity contribution in [3.63, 3.8) is 0 Å². The first-order valence-electron chi connectivity index (χ1n) is 7.51. The topological polar surface area (TPSA) is 21.3 Å². The van der Waals surface area contributed by atoms with Gasteiger partial charge in [-0.15, -0.1) is 0 Å². The van der Waals surface area contributed by atoms with Gasteiger partial charge < -0.3 is 10.1 Å². The molecule has 1 N–H and O–H groups in total. The van der Waals surface area contributed by atoms with E-state index in [0.29, 0.717) is 11.5 Å².